The van der Waals surface area contributed by atoms with Crippen LogP contribution >= 0.6 is 11.6 Å². The first kappa shape index (κ1) is 14.4. The first-order valence-corrected chi connectivity index (χ1v) is 6.56. The van der Waals surface area contributed by atoms with Gasteiger partial charge in [0.05, 0.1) is 18.5 Å². The summed E-state index contributed by atoms with van der Waals surface area (Å²) >= 11 is 5.81. The molecular weight excluding hydrogens is 280 g/mol. The van der Waals surface area contributed by atoms with E-state index in [2.05, 4.69) is 5.10 Å². The quantitative estimate of drug-likeness (QED) is 0.796. The molecule has 1 aromatic heterocycles. The molecule has 0 bridgehead atoms. The van der Waals surface area contributed by atoms with E-state index in [1.807, 2.05) is 0 Å². The summed E-state index contributed by atoms with van der Waals surface area (Å²) < 4.78 is 12.2. The molecule has 2 rings (SSSR count). The molecule has 0 saturated heterocycles. The molecule has 2 aromatic rings. The number of carbonyl (C=O) groups excluding carboxylic acids is 1. The monoisotopic (exact) mass is 294 g/mol. The van der Waals surface area contributed by atoms with Crippen molar-refractivity contribution in [3.05, 3.63) is 46.7 Å². The van der Waals surface area contributed by atoms with E-state index in [0.29, 0.717) is 28.6 Å². The zero-order chi connectivity index (χ0) is 14.5. The standard InChI is InChI=1S/C14H15ClN2O3/c1-3-19-14(18)12-8-16-17(2)13(12)9-20-11-6-4-10(15)5-7-11/h4-8H,3,9H2,1-2H3. The van der Waals surface area contributed by atoms with Crippen LogP contribution in [0, 0.1) is 0 Å². The van der Waals surface area contributed by atoms with E-state index in [-0.39, 0.29) is 6.61 Å². The smallest absolute Gasteiger partial charge is 0.341 e. The van der Waals surface area contributed by atoms with Gasteiger partial charge in [0.1, 0.15) is 17.9 Å². The molecule has 6 heteroatoms. The summed E-state index contributed by atoms with van der Waals surface area (Å²) in [7, 11) is 1.75. The largest absolute Gasteiger partial charge is 0.487 e. The van der Waals surface area contributed by atoms with Crippen molar-refractivity contribution in [1.82, 2.24) is 9.78 Å². The Bertz CT molecular complexity index is 593. The summed E-state index contributed by atoms with van der Waals surface area (Å²) in [5.74, 6) is 0.278. The second-order valence-corrected chi connectivity index (χ2v) is 4.53. The zero-order valence-corrected chi connectivity index (χ0v) is 12.1. The van der Waals surface area contributed by atoms with Gasteiger partial charge in [0.15, 0.2) is 0 Å². The molecule has 0 aliphatic rings. The number of benzene rings is 1. The van der Waals surface area contributed by atoms with E-state index >= 15 is 0 Å². The molecule has 0 saturated carbocycles. The Balaban J connectivity index is 2.11. The maximum Gasteiger partial charge on any atom is 0.341 e. The molecule has 0 fully saturated rings. The molecule has 0 N–H and O–H groups in total. The Morgan fingerprint density at radius 1 is 1.35 bits per heavy atom. The van der Waals surface area contributed by atoms with Crippen LogP contribution in [0.15, 0.2) is 30.5 Å². The molecule has 0 aliphatic heterocycles. The van der Waals surface area contributed by atoms with Crippen molar-refractivity contribution >= 4 is 17.6 Å². The maximum absolute atomic E-state index is 11.8. The number of aromatic nitrogens is 2. The van der Waals surface area contributed by atoms with Crippen molar-refractivity contribution in [2.24, 2.45) is 7.05 Å². The minimum Gasteiger partial charge on any atom is -0.487 e. The Morgan fingerprint density at radius 3 is 2.70 bits per heavy atom. The lowest BCUT2D eigenvalue weighted by atomic mass is 10.2. The summed E-state index contributed by atoms with van der Waals surface area (Å²) in [6.45, 7) is 2.32. The summed E-state index contributed by atoms with van der Waals surface area (Å²) in [5.41, 5.74) is 1.08. The molecule has 1 heterocycles. The fourth-order valence-corrected chi connectivity index (χ4v) is 1.82. The third-order valence-electron chi connectivity index (χ3n) is 2.75. The highest BCUT2D eigenvalue weighted by atomic mass is 35.5. The number of ether oxygens (including phenoxy) is 2. The van der Waals surface area contributed by atoms with Gasteiger partial charge in [-0.2, -0.15) is 5.10 Å². The Morgan fingerprint density at radius 2 is 2.05 bits per heavy atom. The van der Waals surface area contributed by atoms with Crippen molar-refractivity contribution in [3.63, 3.8) is 0 Å². The van der Waals surface area contributed by atoms with Crippen LogP contribution in [0.25, 0.3) is 0 Å². The summed E-state index contributed by atoms with van der Waals surface area (Å²) in [6, 6.07) is 7.02. The van der Waals surface area contributed by atoms with E-state index in [1.165, 1.54) is 6.20 Å². The fourth-order valence-electron chi connectivity index (χ4n) is 1.70. The number of hydrogen-bond donors (Lipinski definition) is 0. The number of carbonyl (C=O) groups is 1. The van der Waals surface area contributed by atoms with Crippen LogP contribution in [0.4, 0.5) is 0 Å². The van der Waals surface area contributed by atoms with Gasteiger partial charge in [0, 0.05) is 12.1 Å². The van der Waals surface area contributed by atoms with Crippen molar-refractivity contribution in [2.45, 2.75) is 13.5 Å². The predicted octanol–water partition coefficient (Wildman–Crippen LogP) is 2.83. The lowest BCUT2D eigenvalue weighted by molar-refractivity contribution is 0.0523. The van der Waals surface area contributed by atoms with Crippen molar-refractivity contribution in [2.75, 3.05) is 6.61 Å². The number of esters is 1. The topological polar surface area (TPSA) is 53.3 Å². The number of hydrogen-bond acceptors (Lipinski definition) is 4. The molecule has 0 spiro atoms. The van der Waals surface area contributed by atoms with Gasteiger partial charge < -0.3 is 9.47 Å². The number of halogens is 1. The van der Waals surface area contributed by atoms with Gasteiger partial charge in [-0.15, -0.1) is 0 Å². The van der Waals surface area contributed by atoms with E-state index in [0.717, 1.165) is 0 Å². The Labute approximate surface area is 122 Å². The minimum absolute atomic E-state index is 0.228. The van der Waals surface area contributed by atoms with Gasteiger partial charge in [-0.25, -0.2) is 4.79 Å². The SMILES string of the molecule is CCOC(=O)c1cnn(C)c1COc1ccc(Cl)cc1. The molecule has 0 aliphatic carbocycles. The van der Waals surface area contributed by atoms with Crippen LogP contribution < -0.4 is 4.74 Å². The molecule has 106 valence electrons. The zero-order valence-electron chi connectivity index (χ0n) is 11.3. The predicted molar refractivity (Wildman–Crippen MR) is 74.9 cm³/mol. The van der Waals surface area contributed by atoms with Crippen LogP contribution in [0.5, 0.6) is 5.75 Å². The lowest BCUT2D eigenvalue weighted by Gasteiger charge is -2.08. The fraction of sp³-hybridized carbons (Fsp3) is 0.286. The van der Waals surface area contributed by atoms with Crippen LogP contribution in [-0.4, -0.2) is 22.4 Å². The van der Waals surface area contributed by atoms with E-state index in [1.54, 1.807) is 42.9 Å². The highest BCUT2D eigenvalue weighted by molar-refractivity contribution is 6.30. The van der Waals surface area contributed by atoms with Gasteiger partial charge in [-0.3, -0.25) is 4.68 Å². The van der Waals surface area contributed by atoms with Gasteiger partial charge >= 0.3 is 5.97 Å². The third kappa shape index (κ3) is 3.30. The molecule has 5 nitrogen and oxygen atoms in total. The highest BCUT2D eigenvalue weighted by Gasteiger charge is 2.17. The van der Waals surface area contributed by atoms with Gasteiger partial charge in [-0.05, 0) is 31.2 Å². The molecular formula is C14H15ClN2O3. The van der Waals surface area contributed by atoms with Crippen LogP contribution in [0.1, 0.15) is 23.0 Å². The average Bonchev–Trinajstić information content (AvgIpc) is 2.80. The van der Waals surface area contributed by atoms with Crippen LogP contribution in [0.3, 0.4) is 0 Å². The minimum atomic E-state index is -0.393. The number of aryl methyl sites for hydroxylation is 1. The van der Waals surface area contributed by atoms with E-state index < -0.39 is 5.97 Å². The van der Waals surface area contributed by atoms with Gasteiger partial charge in [-0.1, -0.05) is 11.6 Å². The Hall–Kier alpha value is -2.01. The molecule has 0 unspecified atom stereocenters. The second kappa shape index (κ2) is 6.43. The van der Waals surface area contributed by atoms with Crippen molar-refractivity contribution < 1.29 is 14.3 Å². The third-order valence-corrected chi connectivity index (χ3v) is 3.00. The highest BCUT2D eigenvalue weighted by Crippen LogP contribution is 2.18. The molecule has 0 radical (unpaired) electrons. The van der Waals surface area contributed by atoms with Gasteiger partial charge in [0.25, 0.3) is 0 Å². The molecule has 1 aromatic carbocycles. The van der Waals surface area contributed by atoms with Crippen molar-refractivity contribution in [1.29, 1.82) is 0 Å². The van der Waals surface area contributed by atoms with E-state index in [9.17, 15) is 4.79 Å². The molecule has 20 heavy (non-hydrogen) atoms. The van der Waals surface area contributed by atoms with Gasteiger partial charge in [0.2, 0.25) is 0 Å². The number of rotatable bonds is 5. The summed E-state index contributed by atoms with van der Waals surface area (Å²) in [4.78, 5) is 11.8. The average molecular weight is 295 g/mol. The van der Waals surface area contributed by atoms with Crippen LogP contribution in [0.2, 0.25) is 5.02 Å². The van der Waals surface area contributed by atoms with Crippen molar-refractivity contribution in [3.8, 4) is 5.75 Å². The molecule has 0 amide bonds. The first-order valence-electron chi connectivity index (χ1n) is 6.18. The normalized spacial score (nSPS) is 10.3. The number of nitrogens with zero attached hydrogens (tertiary/aromatic N) is 2. The lowest BCUT2D eigenvalue weighted by Crippen LogP contribution is -2.11. The summed E-state index contributed by atoms with van der Waals surface area (Å²) in [5, 5.41) is 4.70. The maximum atomic E-state index is 11.8. The van der Waals surface area contributed by atoms with Crippen LogP contribution in [-0.2, 0) is 18.4 Å². The summed E-state index contributed by atoms with van der Waals surface area (Å²) in [6.07, 6.45) is 1.48. The van der Waals surface area contributed by atoms with E-state index in [4.69, 9.17) is 21.1 Å². The second-order valence-electron chi connectivity index (χ2n) is 4.09. The molecule has 0 atom stereocenters. The first-order chi connectivity index (χ1) is 9.61. The Kier molecular flexibility index (Phi) is 4.63.